The number of carbonyl (C=O) groups excluding carboxylic acids is 1. The van der Waals surface area contributed by atoms with Gasteiger partial charge in [0.25, 0.3) is 0 Å². The first kappa shape index (κ1) is 23.1. The van der Waals surface area contributed by atoms with Crippen molar-refractivity contribution in [2.75, 3.05) is 7.05 Å². The number of rotatable bonds is 8. The molecule has 3 rings (SSSR count). The summed E-state index contributed by atoms with van der Waals surface area (Å²) in [5.74, 6) is 0.290. The number of halogens is 2. The summed E-state index contributed by atoms with van der Waals surface area (Å²) in [7, 11) is -2.02. The number of amides is 1. The lowest BCUT2D eigenvalue weighted by atomic mass is 10.2. The van der Waals surface area contributed by atoms with Crippen LogP contribution in [0.2, 0.25) is 10.0 Å². The topological polar surface area (TPSA) is 79.6 Å². The summed E-state index contributed by atoms with van der Waals surface area (Å²) in [6.45, 7) is 0.371. The predicted octanol–water partition coefficient (Wildman–Crippen LogP) is 4.74. The molecule has 1 heterocycles. The molecule has 2 aromatic carbocycles. The maximum absolute atomic E-state index is 12.4. The van der Waals surface area contributed by atoms with Crippen LogP contribution in [0.15, 0.2) is 76.2 Å². The monoisotopic (exact) mass is 478 g/mol. The molecule has 0 saturated heterocycles. The summed E-state index contributed by atoms with van der Waals surface area (Å²) in [5.41, 5.74) is 1.43. The normalized spacial score (nSPS) is 11.7. The minimum absolute atomic E-state index is 0.0640. The van der Waals surface area contributed by atoms with Gasteiger partial charge in [0.05, 0.1) is 27.7 Å². The van der Waals surface area contributed by atoms with E-state index in [0.717, 1.165) is 5.56 Å². The van der Waals surface area contributed by atoms with Gasteiger partial charge in [-0.2, -0.15) is 0 Å². The Morgan fingerprint density at radius 1 is 1.10 bits per heavy atom. The van der Waals surface area contributed by atoms with Crippen molar-refractivity contribution in [1.82, 2.24) is 9.62 Å². The van der Waals surface area contributed by atoms with Crippen LogP contribution in [-0.2, 0) is 27.9 Å². The van der Waals surface area contributed by atoms with Crippen molar-refractivity contribution in [2.45, 2.75) is 18.0 Å². The standard InChI is InChI=1S/C22H20Cl2N2O4S/c1-26(15-17-4-2-6-20(23)22(17)24)21(27)12-9-16-7-10-19(11-8-16)31(28,29)25-14-18-5-3-13-30-18/h2-13,25H,14-15H2,1H3/b12-9+. The Morgan fingerprint density at radius 3 is 2.52 bits per heavy atom. The fourth-order valence-electron chi connectivity index (χ4n) is 2.72. The number of hydrogen-bond acceptors (Lipinski definition) is 4. The Kier molecular flexibility index (Phi) is 7.56. The van der Waals surface area contributed by atoms with Gasteiger partial charge in [-0.3, -0.25) is 4.79 Å². The Balaban J connectivity index is 1.60. The zero-order valence-corrected chi connectivity index (χ0v) is 18.9. The van der Waals surface area contributed by atoms with E-state index < -0.39 is 10.0 Å². The Hall–Kier alpha value is -2.58. The van der Waals surface area contributed by atoms with Crippen molar-refractivity contribution in [3.63, 3.8) is 0 Å². The molecule has 0 bridgehead atoms. The molecular weight excluding hydrogens is 459 g/mol. The van der Waals surface area contributed by atoms with Crippen molar-refractivity contribution in [3.8, 4) is 0 Å². The lowest BCUT2D eigenvalue weighted by Crippen LogP contribution is -2.24. The first-order valence-corrected chi connectivity index (χ1v) is 11.5. The van der Waals surface area contributed by atoms with E-state index in [9.17, 15) is 13.2 Å². The minimum atomic E-state index is -3.67. The summed E-state index contributed by atoms with van der Waals surface area (Å²) in [6.07, 6.45) is 4.51. The van der Waals surface area contributed by atoms with Gasteiger partial charge in [0.2, 0.25) is 15.9 Å². The average molecular weight is 479 g/mol. The third-order valence-electron chi connectivity index (χ3n) is 4.44. The summed E-state index contributed by atoms with van der Waals surface area (Å²) in [5, 5.41) is 0.856. The maximum Gasteiger partial charge on any atom is 0.246 e. The van der Waals surface area contributed by atoms with E-state index in [-0.39, 0.29) is 17.3 Å². The summed E-state index contributed by atoms with van der Waals surface area (Å²) >= 11 is 12.2. The second kappa shape index (κ2) is 10.2. The highest BCUT2D eigenvalue weighted by molar-refractivity contribution is 7.89. The smallest absolute Gasteiger partial charge is 0.246 e. The van der Waals surface area contributed by atoms with Gasteiger partial charge in [-0.05, 0) is 47.5 Å². The number of furan rings is 1. The molecule has 3 aromatic rings. The van der Waals surface area contributed by atoms with Crippen LogP contribution in [0.5, 0.6) is 0 Å². The molecule has 0 radical (unpaired) electrons. The largest absolute Gasteiger partial charge is 0.468 e. The Morgan fingerprint density at radius 2 is 1.84 bits per heavy atom. The second-order valence-electron chi connectivity index (χ2n) is 6.71. The first-order valence-electron chi connectivity index (χ1n) is 9.24. The van der Waals surface area contributed by atoms with E-state index >= 15 is 0 Å². The summed E-state index contributed by atoms with van der Waals surface area (Å²) < 4.78 is 32.3. The van der Waals surface area contributed by atoms with Gasteiger partial charge in [0, 0.05) is 19.7 Å². The van der Waals surface area contributed by atoms with Gasteiger partial charge < -0.3 is 9.32 Å². The number of hydrogen-bond donors (Lipinski definition) is 1. The molecule has 0 aliphatic heterocycles. The van der Waals surface area contributed by atoms with Crippen LogP contribution in [0.4, 0.5) is 0 Å². The van der Waals surface area contributed by atoms with Gasteiger partial charge in [-0.15, -0.1) is 0 Å². The van der Waals surface area contributed by atoms with E-state index in [1.807, 2.05) is 0 Å². The predicted molar refractivity (Wildman–Crippen MR) is 121 cm³/mol. The van der Waals surface area contributed by atoms with Crippen molar-refractivity contribution >= 4 is 45.2 Å². The number of sulfonamides is 1. The zero-order valence-electron chi connectivity index (χ0n) is 16.6. The summed E-state index contributed by atoms with van der Waals surface area (Å²) in [6, 6.07) is 14.8. The number of nitrogens with zero attached hydrogens (tertiary/aromatic N) is 1. The van der Waals surface area contributed by atoms with Crippen molar-refractivity contribution < 1.29 is 17.6 Å². The van der Waals surface area contributed by atoms with Crippen LogP contribution >= 0.6 is 23.2 Å². The highest BCUT2D eigenvalue weighted by Gasteiger charge is 2.14. The third-order valence-corrected chi connectivity index (χ3v) is 6.72. The van der Waals surface area contributed by atoms with E-state index in [0.29, 0.717) is 27.9 Å². The molecule has 1 N–H and O–H groups in total. The third kappa shape index (κ3) is 6.21. The van der Waals surface area contributed by atoms with Gasteiger partial charge in [-0.1, -0.05) is 47.5 Å². The zero-order chi connectivity index (χ0) is 22.4. The van der Waals surface area contributed by atoms with Crippen molar-refractivity contribution in [1.29, 1.82) is 0 Å². The molecule has 0 aliphatic carbocycles. The van der Waals surface area contributed by atoms with Crippen LogP contribution < -0.4 is 4.72 Å². The van der Waals surface area contributed by atoms with Crippen LogP contribution in [-0.4, -0.2) is 26.3 Å². The fourth-order valence-corrected chi connectivity index (χ4v) is 4.09. The maximum atomic E-state index is 12.4. The second-order valence-corrected chi connectivity index (χ2v) is 9.27. The minimum Gasteiger partial charge on any atom is -0.468 e. The molecule has 6 nitrogen and oxygen atoms in total. The summed E-state index contributed by atoms with van der Waals surface area (Å²) in [4.78, 5) is 14.0. The van der Waals surface area contributed by atoms with E-state index in [2.05, 4.69) is 4.72 Å². The van der Waals surface area contributed by atoms with Gasteiger partial charge in [0.15, 0.2) is 0 Å². The van der Waals surface area contributed by atoms with Gasteiger partial charge >= 0.3 is 0 Å². The van der Waals surface area contributed by atoms with Gasteiger partial charge in [-0.25, -0.2) is 13.1 Å². The molecule has 162 valence electrons. The molecule has 0 aliphatic rings. The van der Waals surface area contributed by atoms with E-state index in [1.54, 1.807) is 55.6 Å². The highest BCUT2D eigenvalue weighted by atomic mass is 35.5. The van der Waals surface area contributed by atoms with Crippen LogP contribution in [0.25, 0.3) is 6.08 Å². The Bertz CT molecular complexity index is 1170. The number of likely N-dealkylation sites (N-methyl/N-ethyl adjacent to an activating group) is 1. The molecule has 9 heteroatoms. The number of carbonyl (C=O) groups is 1. The molecular formula is C22H20Cl2N2O4S. The van der Waals surface area contributed by atoms with Crippen LogP contribution in [0.3, 0.4) is 0 Å². The lowest BCUT2D eigenvalue weighted by molar-refractivity contribution is -0.125. The van der Waals surface area contributed by atoms with E-state index in [1.165, 1.54) is 29.4 Å². The molecule has 0 saturated carbocycles. The Labute approximate surface area is 191 Å². The molecule has 0 atom stereocenters. The molecule has 0 unspecified atom stereocenters. The van der Waals surface area contributed by atoms with Crippen molar-refractivity contribution in [2.24, 2.45) is 0 Å². The molecule has 1 amide bonds. The van der Waals surface area contributed by atoms with Crippen LogP contribution in [0.1, 0.15) is 16.9 Å². The molecule has 0 spiro atoms. The van der Waals surface area contributed by atoms with Crippen LogP contribution in [0, 0.1) is 0 Å². The molecule has 31 heavy (non-hydrogen) atoms. The number of benzene rings is 2. The SMILES string of the molecule is CN(Cc1cccc(Cl)c1Cl)C(=O)/C=C/c1ccc(S(=O)(=O)NCc2ccco2)cc1. The highest BCUT2D eigenvalue weighted by Crippen LogP contribution is 2.26. The lowest BCUT2D eigenvalue weighted by Gasteiger charge is -2.16. The van der Waals surface area contributed by atoms with E-state index in [4.69, 9.17) is 27.6 Å². The molecule has 0 fully saturated rings. The number of nitrogens with one attached hydrogen (secondary N) is 1. The molecule has 1 aromatic heterocycles. The quantitative estimate of drug-likeness (QED) is 0.474. The fraction of sp³-hybridized carbons (Fsp3) is 0.136. The van der Waals surface area contributed by atoms with Crippen molar-refractivity contribution in [3.05, 3.63) is 93.9 Å². The van der Waals surface area contributed by atoms with Gasteiger partial charge in [0.1, 0.15) is 5.76 Å². The first-order chi connectivity index (χ1) is 14.8. The average Bonchev–Trinajstić information content (AvgIpc) is 3.28.